The van der Waals surface area contributed by atoms with Gasteiger partial charge in [-0.05, 0) is 12.1 Å². The SMILES string of the molecule is N#CCC1CSc2cccc(F)c2N1. The summed E-state index contributed by atoms with van der Waals surface area (Å²) in [6.45, 7) is 0. The highest BCUT2D eigenvalue weighted by Crippen LogP contribution is 2.35. The second kappa shape index (κ2) is 3.89. The van der Waals surface area contributed by atoms with Crippen molar-refractivity contribution in [2.75, 3.05) is 11.1 Å². The second-order valence-corrected chi connectivity index (χ2v) is 4.19. The zero-order valence-electron chi connectivity index (χ0n) is 7.46. The molecule has 14 heavy (non-hydrogen) atoms. The average Bonchev–Trinajstić information content (AvgIpc) is 2.20. The molecule has 0 aromatic heterocycles. The number of nitrogens with zero attached hydrogens (tertiary/aromatic N) is 1. The van der Waals surface area contributed by atoms with Gasteiger partial charge in [-0.25, -0.2) is 4.39 Å². The van der Waals surface area contributed by atoms with Crippen molar-refractivity contribution in [3.63, 3.8) is 0 Å². The lowest BCUT2D eigenvalue weighted by Crippen LogP contribution is -2.26. The van der Waals surface area contributed by atoms with E-state index in [1.165, 1.54) is 6.07 Å². The van der Waals surface area contributed by atoms with Crippen molar-refractivity contribution < 1.29 is 4.39 Å². The quantitative estimate of drug-likeness (QED) is 0.770. The lowest BCUT2D eigenvalue weighted by atomic mass is 10.2. The number of nitriles is 1. The number of para-hydroxylation sites is 1. The minimum Gasteiger partial charge on any atom is -0.377 e. The zero-order valence-corrected chi connectivity index (χ0v) is 8.27. The Morgan fingerprint density at radius 1 is 1.64 bits per heavy atom. The van der Waals surface area contributed by atoms with E-state index in [2.05, 4.69) is 11.4 Å². The molecule has 0 amide bonds. The molecule has 2 nitrogen and oxygen atoms in total. The van der Waals surface area contributed by atoms with Crippen LogP contribution in [0.5, 0.6) is 0 Å². The van der Waals surface area contributed by atoms with Crippen LogP contribution in [0, 0.1) is 17.1 Å². The van der Waals surface area contributed by atoms with Crippen LogP contribution in [-0.4, -0.2) is 11.8 Å². The largest absolute Gasteiger partial charge is 0.377 e. The van der Waals surface area contributed by atoms with Crippen LogP contribution in [0.2, 0.25) is 0 Å². The van der Waals surface area contributed by atoms with E-state index >= 15 is 0 Å². The predicted molar refractivity (Wildman–Crippen MR) is 54.8 cm³/mol. The molecule has 72 valence electrons. The van der Waals surface area contributed by atoms with Crippen LogP contribution in [0.3, 0.4) is 0 Å². The predicted octanol–water partition coefficient (Wildman–Crippen LogP) is 2.63. The molecule has 1 heterocycles. The van der Waals surface area contributed by atoms with Gasteiger partial charge in [-0.1, -0.05) is 6.07 Å². The summed E-state index contributed by atoms with van der Waals surface area (Å²) in [5.74, 6) is 0.585. The Hall–Kier alpha value is -1.21. The van der Waals surface area contributed by atoms with Crippen molar-refractivity contribution in [2.45, 2.75) is 17.4 Å². The van der Waals surface area contributed by atoms with E-state index in [9.17, 15) is 4.39 Å². The third-order valence-electron chi connectivity index (χ3n) is 2.10. The van der Waals surface area contributed by atoms with Gasteiger partial charge in [-0.15, -0.1) is 11.8 Å². The smallest absolute Gasteiger partial charge is 0.147 e. The van der Waals surface area contributed by atoms with E-state index in [-0.39, 0.29) is 11.9 Å². The monoisotopic (exact) mass is 208 g/mol. The van der Waals surface area contributed by atoms with Gasteiger partial charge in [0.25, 0.3) is 0 Å². The summed E-state index contributed by atoms with van der Waals surface area (Å²) in [5.41, 5.74) is 0.545. The number of fused-ring (bicyclic) bond motifs is 1. The Kier molecular flexibility index (Phi) is 2.60. The molecule has 2 rings (SSSR count). The summed E-state index contributed by atoms with van der Waals surface area (Å²) in [6, 6.07) is 7.17. The summed E-state index contributed by atoms with van der Waals surface area (Å²) in [7, 11) is 0. The minimum atomic E-state index is -0.238. The Morgan fingerprint density at radius 2 is 2.50 bits per heavy atom. The van der Waals surface area contributed by atoms with Crippen LogP contribution in [0.1, 0.15) is 6.42 Å². The average molecular weight is 208 g/mol. The number of hydrogen-bond donors (Lipinski definition) is 1. The van der Waals surface area contributed by atoms with Gasteiger partial charge >= 0.3 is 0 Å². The van der Waals surface area contributed by atoms with Gasteiger partial charge < -0.3 is 5.32 Å². The van der Waals surface area contributed by atoms with Gasteiger partial charge in [0.2, 0.25) is 0 Å². The first kappa shape index (κ1) is 9.35. The molecule has 1 atom stereocenters. The van der Waals surface area contributed by atoms with Crippen molar-refractivity contribution in [1.82, 2.24) is 0 Å². The molecule has 1 aliphatic rings. The van der Waals surface area contributed by atoms with Crippen LogP contribution >= 0.6 is 11.8 Å². The summed E-state index contributed by atoms with van der Waals surface area (Å²) < 4.78 is 13.3. The minimum absolute atomic E-state index is 0.0643. The third kappa shape index (κ3) is 1.68. The lowest BCUT2D eigenvalue weighted by Gasteiger charge is -2.24. The highest BCUT2D eigenvalue weighted by Gasteiger charge is 2.20. The molecule has 1 N–H and O–H groups in total. The molecule has 1 unspecified atom stereocenters. The summed E-state index contributed by atoms with van der Waals surface area (Å²) >= 11 is 1.60. The number of thioether (sulfide) groups is 1. The van der Waals surface area contributed by atoms with Crippen LogP contribution in [0.25, 0.3) is 0 Å². The molecule has 0 saturated carbocycles. The van der Waals surface area contributed by atoms with Crippen molar-refractivity contribution in [1.29, 1.82) is 5.26 Å². The maximum Gasteiger partial charge on any atom is 0.147 e. The highest BCUT2D eigenvalue weighted by atomic mass is 32.2. The van der Waals surface area contributed by atoms with Crippen LogP contribution in [0.15, 0.2) is 23.1 Å². The van der Waals surface area contributed by atoms with E-state index in [0.717, 1.165) is 10.6 Å². The molecule has 0 spiro atoms. The fourth-order valence-electron chi connectivity index (χ4n) is 1.42. The number of rotatable bonds is 1. The first-order valence-electron chi connectivity index (χ1n) is 4.36. The van der Waals surface area contributed by atoms with Crippen molar-refractivity contribution in [3.05, 3.63) is 24.0 Å². The fourth-order valence-corrected chi connectivity index (χ4v) is 2.48. The van der Waals surface area contributed by atoms with Crippen LogP contribution in [-0.2, 0) is 0 Å². The van der Waals surface area contributed by atoms with Crippen molar-refractivity contribution in [3.8, 4) is 6.07 Å². The maximum absolute atomic E-state index is 13.3. The number of hydrogen-bond acceptors (Lipinski definition) is 3. The van der Waals surface area contributed by atoms with Gasteiger partial charge in [0, 0.05) is 16.7 Å². The summed E-state index contributed by atoms with van der Waals surface area (Å²) in [4.78, 5) is 0.930. The summed E-state index contributed by atoms with van der Waals surface area (Å²) in [6.07, 6.45) is 0.417. The fraction of sp³-hybridized carbons (Fsp3) is 0.300. The lowest BCUT2D eigenvalue weighted by molar-refractivity contribution is 0.622. The maximum atomic E-state index is 13.3. The van der Waals surface area contributed by atoms with Crippen LogP contribution in [0.4, 0.5) is 10.1 Å². The molecule has 0 fully saturated rings. The molecular formula is C10H9FN2S. The van der Waals surface area contributed by atoms with E-state index in [0.29, 0.717) is 12.1 Å². The molecule has 1 aliphatic heterocycles. The van der Waals surface area contributed by atoms with E-state index in [1.807, 2.05) is 6.07 Å². The van der Waals surface area contributed by atoms with E-state index < -0.39 is 0 Å². The molecule has 1 aromatic carbocycles. The normalized spacial score (nSPS) is 19.3. The van der Waals surface area contributed by atoms with Gasteiger partial charge in [-0.2, -0.15) is 5.26 Å². The Balaban J connectivity index is 2.25. The topological polar surface area (TPSA) is 35.8 Å². The van der Waals surface area contributed by atoms with E-state index in [4.69, 9.17) is 5.26 Å². The Bertz CT molecular complexity index is 386. The number of nitrogens with one attached hydrogen (secondary N) is 1. The number of benzene rings is 1. The third-order valence-corrected chi connectivity index (χ3v) is 3.32. The van der Waals surface area contributed by atoms with Gasteiger partial charge in [0.05, 0.1) is 18.2 Å². The summed E-state index contributed by atoms with van der Waals surface area (Å²) in [5, 5.41) is 11.6. The molecular weight excluding hydrogens is 199 g/mol. The molecule has 1 aromatic rings. The number of halogens is 1. The van der Waals surface area contributed by atoms with Crippen molar-refractivity contribution in [2.24, 2.45) is 0 Å². The molecule has 0 saturated heterocycles. The van der Waals surface area contributed by atoms with Gasteiger partial charge in [0.15, 0.2) is 0 Å². The standard InChI is InChI=1S/C10H9FN2S/c11-8-2-1-3-9-10(8)13-7(4-5-12)6-14-9/h1-3,7,13H,4,6H2. The highest BCUT2D eigenvalue weighted by molar-refractivity contribution is 7.99. The first-order valence-corrected chi connectivity index (χ1v) is 5.34. The van der Waals surface area contributed by atoms with Gasteiger partial charge in [0.1, 0.15) is 5.82 Å². The molecule has 4 heteroatoms. The Labute approximate surface area is 86.1 Å². The molecule has 0 aliphatic carbocycles. The first-order chi connectivity index (χ1) is 6.81. The number of anilines is 1. The molecule has 0 radical (unpaired) electrons. The second-order valence-electron chi connectivity index (χ2n) is 3.13. The molecule has 0 bridgehead atoms. The zero-order chi connectivity index (χ0) is 9.97. The Morgan fingerprint density at radius 3 is 3.29 bits per heavy atom. The van der Waals surface area contributed by atoms with E-state index in [1.54, 1.807) is 17.8 Å². The van der Waals surface area contributed by atoms with Crippen LogP contribution < -0.4 is 5.32 Å². The van der Waals surface area contributed by atoms with Gasteiger partial charge in [-0.3, -0.25) is 0 Å². The van der Waals surface area contributed by atoms with Crippen molar-refractivity contribution >= 4 is 17.4 Å².